The first kappa shape index (κ1) is 20.1. The summed E-state index contributed by atoms with van der Waals surface area (Å²) in [6.45, 7) is 0. The van der Waals surface area contributed by atoms with Crippen LogP contribution in [0.4, 0.5) is 5.69 Å². The molecule has 1 aliphatic rings. The second-order valence-electron chi connectivity index (χ2n) is 6.56. The van der Waals surface area contributed by atoms with Gasteiger partial charge in [-0.1, -0.05) is 54.2 Å². The lowest BCUT2D eigenvalue weighted by Gasteiger charge is -2.19. The summed E-state index contributed by atoms with van der Waals surface area (Å²) in [5.74, 6) is -0.416. The fourth-order valence-corrected chi connectivity index (χ4v) is 5.33. The van der Waals surface area contributed by atoms with Crippen molar-refractivity contribution in [2.75, 3.05) is 11.9 Å². The van der Waals surface area contributed by atoms with E-state index >= 15 is 0 Å². The minimum atomic E-state index is -3.85. The minimum absolute atomic E-state index is 0.00980. The van der Waals surface area contributed by atoms with Gasteiger partial charge in [0.05, 0.1) is 15.6 Å². The van der Waals surface area contributed by atoms with Crippen LogP contribution in [0.15, 0.2) is 47.4 Å². The number of para-hydroxylation sites is 1. The van der Waals surface area contributed by atoms with Crippen molar-refractivity contribution in [2.24, 2.45) is 0 Å². The van der Waals surface area contributed by atoms with Gasteiger partial charge in [0.25, 0.3) is 5.91 Å². The predicted molar refractivity (Wildman–Crippen MR) is 108 cm³/mol. The molecule has 0 saturated heterocycles. The maximum atomic E-state index is 12.9. The maximum Gasteiger partial charge on any atom is 0.259 e. The van der Waals surface area contributed by atoms with Gasteiger partial charge in [-0.05, 0) is 37.1 Å². The van der Waals surface area contributed by atoms with Crippen molar-refractivity contribution in [3.05, 3.63) is 58.1 Å². The molecular formula is C19H20Cl2N2O3S. The molecule has 1 saturated carbocycles. The quantitative estimate of drug-likeness (QED) is 0.765. The predicted octanol–water partition coefficient (Wildman–Crippen LogP) is 4.49. The van der Waals surface area contributed by atoms with Gasteiger partial charge in [0.1, 0.15) is 4.90 Å². The minimum Gasteiger partial charge on any atom is -0.311 e. The summed E-state index contributed by atoms with van der Waals surface area (Å²) in [4.78, 5) is 14.2. The second kappa shape index (κ2) is 8.19. The molecule has 0 aromatic heterocycles. The Kier molecular flexibility index (Phi) is 6.11. The third-order valence-electron chi connectivity index (χ3n) is 4.67. The Balaban J connectivity index is 1.95. The first-order valence-corrected chi connectivity index (χ1v) is 10.9. The number of benzene rings is 2. The van der Waals surface area contributed by atoms with Gasteiger partial charge in [0.15, 0.2) is 0 Å². The average Bonchev–Trinajstić information content (AvgIpc) is 3.13. The van der Waals surface area contributed by atoms with Crippen molar-refractivity contribution in [1.29, 1.82) is 0 Å². The molecule has 8 heteroatoms. The van der Waals surface area contributed by atoms with E-state index in [2.05, 4.69) is 4.72 Å². The molecule has 0 aliphatic heterocycles. The maximum absolute atomic E-state index is 12.9. The lowest BCUT2D eigenvalue weighted by molar-refractivity contribution is 0.0993. The summed E-state index contributed by atoms with van der Waals surface area (Å²) < 4.78 is 28.2. The Hall–Kier alpha value is -1.60. The van der Waals surface area contributed by atoms with E-state index in [0.717, 1.165) is 25.7 Å². The lowest BCUT2D eigenvalue weighted by atomic mass is 10.2. The molecule has 0 spiro atoms. The number of sulfonamides is 1. The highest BCUT2D eigenvalue weighted by atomic mass is 35.5. The van der Waals surface area contributed by atoms with E-state index in [9.17, 15) is 13.2 Å². The Bertz CT molecular complexity index is 943. The Morgan fingerprint density at radius 1 is 1.07 bits per heavy atom. The monoisotopic (exact) mass is 426 g/mol. The molecule has 3 rings (SSSR count). The number of nitrogens with zero attached hydrogens (tertiary/aromatic N) is 1. The summed E-state index contributed by atoms with van der Waals surface area (Å²) in [6, 6.07) is 11.5. The van der Waals surface area contributed by atoms with Crippen LogP contribution >= 0.6 is 23.2 Å². The highest BCUT2D eigenvalue weighted by Crippen LogP contribution is 2.31. The van der Waals surface area contributed by atoms with Gasteiger partial charge in [0, 0.05) is 18.8 Å². The second-order valence-corrected chi connectivity index (χ2v) is 9.06. The van der Waals surface area contributed by atoms with Gasteiger partial charge in [-0.25, -0.2) is 13.1 Å². The van der Waals surface area contributed by atoms with Crippen LogP contribution in [0, 0.1) is 0 Å². The van der Waals surface area contributed by atoms with Crippen LogP contribution in [0.1, 0.15) is 36.0 Å². The number of hydrogen-bond acceptors (Lipinski definition) is 3. The molecule has 0 atom stereocenters. The molecule has 1 amide bonds. The van der Waals surface area contributed by atoms with Gasteiger partial charge >= 0.3 is 0 Å². The SMILES string of the molecule is CN(C(=O)c1cc(S(=O)(=O)NC2CCCC2)c(Cl)cc1Cl)c1ccccc1. The van der Waals surface area contributed by atoms with Crippen molar-refractivity contribution in [3.8, 4) is 0 Å². The van der Waals surface area contributed by atoms with Crippen LogP contribution in [0.2, 0.25) is 10.0 Å². The average molecular weight is 427 g/mol. The number of rotatable bonds is 5. The number of carbonyl (C=O) groups is 1. The summed E-state index contributed by atoms with van der Waals surface area (Å²) in [5.41, 5.74) is 0.751. The molecular weight excluding hydrogens is 407 g/mol. The van der Waals surface area contributed by atoms with E-state index in [1.807, 2.05) is 18.2 Å². The Labute approximate surface area is 169 Å². The van der Waals surface area contributed by atoms with Crippen LogP contribution < -0.4 is 9.62 Å². The van der Waals surface area contributed by atoms with Crippen molar-refractivity contribution in [3.63, 3.8) is 0 Å². The van der Waals surface area contributed by atoms with E-state index in [1.165, 1.54) is 17.0 Å². The van der Waals surface area contributed by atoms with Crippen LogP contribution in [0.25, 0.3) is 0 Å². The summed E-state index contributed by atoms with van der Waals surface area (Å²) in [6.07, 6.45) is 3.58. The molecule has 0 radical (unpaired) electrons. The number of amides is 1. The summed E-state index contributed by atoms with van der Waals surface area (Å²) in [7, 11) is -2.24. The van der Waals surface area contributed by atoms with E-state index in [4.69, 9.17) is 23.2 Å². The van der Waals surface area contributed by atoms with Crippen LogP contribution in [-0.2, 0) is 10.0 Å². The standard InChI is InChI=1S/C19H20Cl2N2O3S/c1-23(14-9-3-2-4-10-14)19(24)15-11-18(17(21)12-16(15)20)27(25,26)22-13-7-5-6-8-13/h2-4,9-13,22H,5-8H2,1H3. The lowest BCUT2D eigenvalue weighted by Crippen LogP contribution is -2.33. The molecule has 0 bridgehead atoms. The third-order valence-corrected chi connectivity index (χ3v) is 6.96. The molecule has 1 N–H and O–H groups in total. The largest absolute Gasteiger partial charge is 0.311 e. The Morgan fingerprint density at radius 2 is 1.70 bits per heavy atom. The van der Waals surface area contributed by atoms with Gasteiger partial charge in [-0.3, -0.25) is 4.79 Å². The number of anilines is 1. The number of nitrogens with one attached hydrogen (secondary N) is 1. The highest BCUT2D eigenvalue weighted by Gasteiger charge is 2.27. The zero-order valence-electron chi connectivity index (χ0n) is 14.8. The molecule has 0 heterocycles. The van der Waals surface area contributed by atoms with Gasteiger partial charge in [-0.15, -0.1) is 0 Å². The van der Waals surface area contributed by atoms with E-state index in [0.29, 0.717) is 5.69 Å². The zero-order valence-corrected chi connectivity index (χ0v) is 17.1. The van der Waals surface area contributed by atoms with Crippen LogP contribution in [-0.4, -0.2) is 27.4 Å². The highest BCUT2D eigenvalue weighted by molar-refractivity contribution is 7.89. The van der Waals surface area contributed by atoms with E-state index in [-0.39, 0.29) is 26.5 Å². The van der Waals surface area contributed by atoms with Crippen LogP contribution in [0.3, 0.4) is 0 Å². The smallest absolute Gasteiger partial charge is 0.259 e. The summed E-state index contributed by atoms with van der Waals surface area (Å²) in [5, 5.41) is 0.0945. The fraction of sp³-hybridized carbons (Fsp3) is 0.316. The molecule has 2 aromatic carbocycles. The zero-order chi connectivity index (χ0) is 19.6. The molecule has 5 nitrogen and oxygen atoms in total. The molecule has 1 aliphatic carbocycles. The molecule has 144 valence electrons. The molecule has 0 unspecified atom stereocenters. The number of hydrogen-bond donors (Lipinski definition) is 1. The van der Waals surface area contributed by atoms with Gasteiger partial charge in [-0.2, -0.15) is 0 Å². The van der Waals surface area contributed by atoms with E-state index in [1.54, 1.807) is 19.2 Å². The topological polar surface area (TPSA) is 66.5 Å². The number of carbonyl (C=O) groups excluding carboxylic acids is 1. The third kappa shape index (κ3) is 4.46. The van der Waals surface area contributed by atoms with Crippen molar-refractivity contribution in [1.82, 2.24) is 4.72 Å². The van der Waals surface area contributed by atoms with E-state index < -0.39 is 15.9 Å². The van der Waals surface area contributed by atoms with Gasteiger partial charge in [0.2, 0.25) is 10.0 Å². The molecule has 1 fully saturated rings. The number of halogens is 2. The fourth-order valence-electron chi connectivity index (χ4n) is 3.18. The summed E-state index contributed by atoms with van der Waals surface area (Å²) >= 11 is 12.3. The van der Waals surface area contributed by atoms with Crippen LogP contribution in [0.5, 0.6) is 0 Å². The van der Waals surface area contributed by atoms with Crippen molar-refractivity contribution < 1.29 is 13.2 Å². The molecule has 27 heavy (non-hydrogen) atoms. The van der Waals surface area contributed by atoms with Crippen molar-refractivity contribution >= 4 is 44.8 Å². The first-order chi connectivity index (χ1) is 12.8. The Morgan fingerprint density at radius 3 is 2.33 bits per heavy atom. The van der Waals surface area contributed by atoms with Crippen molar-refractivity contribution in [2.45, 2.75) is 36.6 Å². The van der Waals surface area contributed by atoms with Gasteiger partial charge < -0.3 is 4.90 Å². The first-order valence-electron chi connectivity index (χ1n) is 8.64. The normalized spacial score (nSPS) is 15.1. The molecule has 2 aromatic rings.